The van der Waals surface area contributed by atoms with Crippen molar-refractivity contribution in [2.75, 3.05) is 19.5 Å². The summed E-state index contributed by atoms with van der Waals surface area (Å²) >= 11 is 0. The van der Waals surface area contributed by atoms with Crippen LogP contribution in [0.25, 0.3) is 0 Å². The predicted molar refractivity (Wildman–Crippen MR) is 46.6 cm³/mol. The molecule has 0 radical (unpaired) electrons. The van der Waals surface area contributed by atoms with E-state index in [2.05, 4.69) is 0 Å². The monoisotopic (exact) mass is 165 g/mol. The van der Waals surface area contributed by atoms with Gasteiger partial charge in [-0.3, -0.25) is 0 Å². The molecule has 12 heavy (non-hydrogen) atoms. The minimum Gasteiger partial charge on any atom is -0.496 e. The predicted octanol–water partition coefficient (Wildman–Crippen LogP) is 1.21. The molecule has 1 aromatic rings. The number of methoxy groups -OCH3 is 1. The topological polar surface area (TPSA) is 44.5 Å². The van der Waals surface area contributed by atoms with E-state index in [1.165, 1.54) is 0 Å². The Kier molecular flexibility index (Phi) is 1.57. The fraction of sp³-hybridized carbons (Fsp3) is 0.333. The summed E-state index contributed by atoms with van der Waals surface area (Å²) in [5.41, 5.74) is 7.51. The summed E-state index contributed by atoms with van der Waals surface area (Å²) in [7, 11) is 1.66. The smallest absolute Gasteiger partial charge is 0.149 e. The van der Waals surface area contributed by atoms with Crippen LogP contribution in [0.1, 0.15) is 5.56 Å². The number of benzene rings is 1. The van der Waals surface area contributed by atoms with Gasteiger partial charge in [-0.15, -0.1) is 0 Å². The molecule has 0 saturated heterocycles. The van der Waals surface area contributed by atoms with Gasteiger partial charge in [0.25, 0.3) is 0 Å². The van der Waals surface area contributed by atoms with E-state index in [0.29, 0.717) is 12.3 Å². The number of hydrogen-bond acceptors (Lipinski definition) is 3. The average molecular weight is 165 g/mol. The van der Waals surface area contributed by atoms with Crippen LogP contribution >= 0.6 is 0 Å². The van der Waals surface area contributed by atoms with Crippen LogP contribution in [0.3, 0.4) is 0 Å². The molecule has 3 heteroatoms. The first-order chi connectivity index (χ1) is 5.83. The molecule has 0 aliphatic carbocycles. The van der Waals surface area contributed by atoms with Gasteiger partial charge in [0, 0.05) is 12.0 Å². The number of fused-ring (bicyclic) bond motifs is 1. The van der Waals surface area contributed by atoms with Crippen molar-refractivity contribution in [2.24, 2.45) is 0 Å². The summed E-state index contributed by atoms with van der Waals surface area (Å²) in [6, 6.07) is 3.69. The molecule has 1 aliphatic rings. The maximum absolute atomic E-state index is 5.71. The molecule has 2 N–H and O–H groups in total. The Labute approximate surface area is 71.1 Å². The minimum absolute atomic E-state index is 0.698. The van der Waals surface area contributed by atoms with Gasteiger partial charge in [0.15, 0.2) is 0 Å². The zero-order valence-electron chi connectivity index (χ0n) is 6.96. The molecule has 1 aliphatic heterocycles. The second-order valence-electron chi connectivity index (χ2n) is 2.76. The minimum atomic E-state index is 0.698. The first-order valence-corrected chi connectivity index (χ1v) is 3.91. The number of hydrogen-bond donors (Lipinski definition) is 1. The molecule has 2 rings (SSSR count). The molecule has 0 amide bonds. The van der Waals surface area contributed by atoms with Crippen molar-refractivity contribution < 1.29 is 9.47 Å². The lowest BCUT2D eigenvalue weighted by atomic mass is 10.1. The number of ether oxygens (including phenoxy) is 2. The molecule has 64 valence electrons. The average Bonchev–Trinajstić information content (AvgIpc) is 2.54. The van der Waals surface area contributed by atoms with Gasteiger partial charge in [0.2, 0.25) is 0 Å². The van der Waals surface area contributed by atoms with E-state index < -0.39 is 0 Å². The normalized spacial score (nSPS) is 13.8. The van der Waals surface area contributed by atoms with Crippen LogP contribution in [0.2, 0.25) is 0 Å². The molecule has 1 heterocycles. The van der Waals surface area contributed by atoms with Gasteiger partial charge in [-0.05, 0) is 12.1 Å². The Hall–Kier alpha value is -1.38. The van der Waals surface area contributed by atoms with E-state index >= 15 is 0 Å². The third-order valence-corrected chi connectivity index (χ3v) is 2.07. The van der Waals surface area contributed by atoms with Crippen LogP contribution in [0.5, 0.6) is 11.5 Å². The number of nitrogens with two attached hydrogens (primary N) is 1. The largest absolute Gasteiger partial charge is 0.496 e. The van der Waals surface area contributed by atoms with Crippen molar-refractivity contribution in [3.05, 3.63) is 17.7 Å². The van der Waals surface area contributed by atoms with E-state index in [-0.39, 0.29) is 0 Å². The molecule has 0 spiro atoms. The highest BCUT2D eigenvalue weighted by atomic mass is 16.5. The maximum atomic E-state index is 5.71. The number of anilines is 1. The first kappa shape index (κ1) is 7.28. The third kappa shape index (κ3) is 0.897. The van der Waals surface area contributed by atoms with Crippen LogP contribution < -0.4 is 15.2 Å². The van der Waals surface area contributed by atoms with E-state index in [9.17, 15) is 0 Å². The van der Waals surface area contributed by atoms with Gasteiger partial charge in [-0.25, -0.2) is 0 Å². The summed E-state index contributed by atoms with van der Waals surface area (Å²) in [4.78, 5) is 0. The number of nitrogen functional groups attached to an aromatic ring is 1. The highest BCUT2D eigenvalue weighted by molar-refractivity contribution is 5.63. The second kappa shape index (κ2) is 2.59. The van der Waals surface area contributed by atoms with E-state index in [4.69, 9.17) is 15.2 Å². The number of rotatable bonds is 1. The van der Waals surface area contributed by atoms with Crippen LogP contribution in [-0.2, 0) is 6.42 Å². The molecule has 0 bridgehead atoms. The summed E-state index contributed by atoms with van der Waals surface area (Å²) in [5, 5.41) is 0. The van der Waals surface area contributed by atoms with Crippen molar-refractivity contribution in [2.45, 2.75) is 6.42 Å². The molecular weight excluding hydrogens is 154 g/mol. The Morgan fingerprint density at radius 3 is 3.08 bits per heavy atom. The molecule has 0 saturated carbocycles. The Morgan fingerprint density at radius 1 is 1.50 bits per heavy atom. The van der Waals surface area contributed by atoms with Gasteiger partial charge in [-0.2, -0.15) is 0 Å². The molecule has 1 aromatic carbocycles. The van der Waals surface area contributed by atoms with Crippen LogP contribution in [0.15, 0.2) is 12.1 Å². The summed E-state index contributed by atoms with van der Waals surface area (Å²) < 4.78 is 10.5. The van der Waals surface area contributed by atoms with Crippen molar-refractivity contribution >= 4 is 5.69 Å². The van der Waals surface area contributed by atoms with Gasteiger partial charge in [0.05, 0.1) is 19.4 Å². The lowest BCUT2D eigenvalue weighted by molar-refractivity contribution is 0.358. The zero-order valence-corrected chi connectivity index (χ0v) is 6.96. The van der Waals surface area contributed by atoms with Gasteiger partial charge in [0.1, 0.15) is 11.5 Å². The lowest BCUT2D eigenvalue weighted by Crippen LogP contribution is -1.92. The summed E-state index contributed by atoms with van der Waals surface area (Å²) in [6.07, 6.45) is 0.892. The Bertz CT molecular complexity index is 310. The quantitative estimate of drug-likeness (QED) is 0.636. The fourth-order valence-corrected chi connectivity index (χ4v) is 1.48. The fourth-order valence-electron chi connectivity index (χ4n) is 1.48. The molecule has 0 aromatic heterocycles. The molecule has 0 unspecified atom stereocenters. The van der Waals surface area contributed by atoms with Crippen molar-refractivity contribution in [3.8, 4) is 11.5 Å². The molecule has 0 atom stereocenters. The first-order valence-electron chi connectivity index (χ1n) is 3.91. The van der Waals surface area contributed by atoms with E-state index in [0.717, 1.165) is 23.5 Å². The highest BCUT2D eigenvalue weighted by Crippen LogP contribution is 2.37. The standard InChI is InChI=1S/C9H11NO2/c1-11-8-3-2-7(10)9-6(8)4-5-12-9/h2-3H,4-5,10H2,1H3. The third-order valence-electron chi connectivity index (χ3n) is 2.07. The van der Waals surface area contributed by atoms with Crippen LogP contribution in [0, 0.1) is 0 Å². The SMILES string of the molecule is COc1ccc(N)c2c1CCO2. The van der Waals surface area contributed by atoms with Crippen molar-refractivity contribution in [1.82, 2.24) is 0 Å². The van der Waals surface area contributed by atoms with Gasteiger partial charge < -0.3 is 15.2 Å². The molecule has 0 fully saturated rings. The molecular formula is C9H11NO2. The van der Waals surface area contributed by atoms with Crippen molar-refractivity contribution in [3.63, 3.8) is 0 Å². The Balaban J connectivity index is 2.57. The zero-order chi connectivity index (χ0) is 8.55. The van der Waals surface area contributed by atoms with Crippen LogP contribution in [-0.4, -0.2) is 13.7 Å². The summed E-state index contributed by atoms with van der Waals surface area (Å²) in [6.45, 7) is 0.708. The van der Waals surface area contributed by atoms with Gasteiger partial charge >= 0.3 is 0 Å². The molecule has 3 nitrogen and oxygen atoms in total. The lowest BCUT2D eigenvalue weighted by Gasteiger charge is -2.07. The van der Waals surface area contributed by atoms with Crippen molar-refractivity contribution in [1.29, 1.82) is 0 Å². The highest BCUT2D eigenvalue weighted by Gasteiger charge is 2.19. The van der Waals surface area contributed by atoms with E-state index in [1.54, 1.807) is 7.11 Å². The Morgan fingerprint density at radius 2 is 2.33 bits per heavy atom. The van der Waals surface area contributed by atoms with Gasteiger partial charge in [-0.1, -0.05) is 0 Å². The second-order valence-corrected chi connectivity index (χ2v) is 2.76. The maximum Gasteiger partial charge on any atom is 0.149 e. The van der Waals surface area contributed by atoms with E-state index in [1.807, 2.05) is 12.1 Å². The van der Waals surface area contributed by atoms with Crippen LogP contribution in [0.4, 0.5) is 5.69 Å². The summed E-state index contributed by atoms with van der Waals surface area (Å²) in [5.74, 6) is 1.67.